The Bertz CT molecular complexity index is 735. The molecule has 0 aromatic heterocycles. The molecule has 1 aliphatic heterocycles. The Hall–Kier alpha value is -2.18. The molecule has 0 unspecified atom stereocenters. The van der Waals surface area contributed by atoms with E-state index >= 15 is 0 Å². The lowest BCUT2D eigenvalue weighted by Crippen LogP contribution is -2.26. The summed E-state index contributed by atoms with van der Waals surface area (Å²) in [4.78, 5) is 13.2. The van der Waals surface area contributed by atoms with Gasteiger partial charge in [-0.05, 0) is 42.5 Å². The zero-order chi connectivity index (χ0) is 16.9. The largest absolute Gasteiger partial charge is 0.454 e. The Kier molecular flexibility index (Phi) is 5.27. The summed E-state index contributed by atoms with van der Waals surface area (Å²) in [6.45, 7) is 0.594. The molecular weight excluding hydrogens is 326 g/mol. The van der Waals surface area contributed by atoms with Crippen LogP contribution in [0.3, 0.4) is 0 Å². The molecule has 0 aliphatic carbocycles. The normalized spacial score (nSPS) is 13.6. The van der Waals surface area contributed by atoms with Gasteiger partial charge in [-0.3, -0.25) is 4.79 Å². The van der Waals surface area contributed by atoms with Crippen molar-refractivity contribution in [2.45, 2.75) is 17.4 Å². The number of ether oxygens (including phenoxy) is 2. The van der Waals surface area contributed by atoms with E-state index in [0.717, 1.165) is 10.5 Å². The molecule has 126 valence electrons. The van der Waals surface area contributed by atoms with Crippen LogP contribution in [0.1, 0.15) is 28.4 Å². The average Bonchev–Trinajstić information content (AvgIpc) is 3.09. The molecule has 2 aromatic rings. The molecule has 0 radical (unpaired) electrons. The predicted octanol–water partition coefficient (Wildman–Crippen LogP) is 2.99. The molecular formula is C18H19NO4S. The third-order valence-electron chi connectivity index (χ3n) is 3.84. The molecule has 1 atom stereocenters. The van der Waals surface area contributed by atoms with Crippen molar-refractivity contribution in [3.05, 3.63) is 53.6 Å². The second-order valence-corrected chi connectivity index (χ2v) is 6.22. The van der Waals surface area contributed by atoms with Gasteiger partial charge in [-0.25, -0.2) is 0 Å². The van der Waals surface area contributed by atoms with Crippen molar-refractivity contribution >= 4 is 17.7 Å². The lowest BCUT2D eigenvalue weighted by Gasteiger charge is -2.13. The summed E-state index contributed by atoms with van der Waals surface area (Å²) >= 11 is 1.54. The second-order valence-electron chi connectivity index (χ2n) is 5.37. The third kappa shape index (κ3) is 3.66. The molecule has 3 rings (SSSR count). The van der Waals surface area contributed by atoms with Crippen LogP contribution in [0, 0.1) is 0 Å². The molecule has 2 aromatic carbocycles. The number of nitrogens with one attached hydrogen (secondary N) is 1. The van der Waals surface area contributed by atoms with Gasteiger partial charge in [0.2, 0.25) is 6.79 Å². The SMILES string of the molecule is CSc1ccccc1C(=O)NCC[C@H](O)c1ccc2c(c1)OCO2. The van der Waals surface area contributed by atoms with Gasteiger partial charge < -0.3 is 19.9 Å². The summed E-state index contributed by atoms with van der Waals surface area (Å²) < 4.78 is 10.6. The molecule has 0 fully saturated rings. The number of rotatable bonds is 6. The summed E-state index contributed by atoms with van der Waals surface area (Å²) in [5.74, 6) is 1.20. The third-order valence-corrected chi connectivity index (χ3v) is 4.63. The van der Waals surface area contributed by atoms with E-state index in [-0.39, 0.29) is 12.7 Å². The minimum absolute atomic E-state index is 0.127. The Morgan fingerprint density at radius 1 is 1.25 bits per heavy atom. The zero-order valence-corrected chi connectivity index (χ0v) is 14.1. The summed E-state index contributed by atoms with van der Waals surface area (Å²) in [6.07, 6.45) is 1.69. The van der Waals surface area contributed by atoms with Crippen molar-refractivity contribution in [1.82, 2.24) is 5.32 Å². The fourth-order valence-electron chi connectivity index (χ4n) is 2.54. The lowest BCUT2D eigenvalue weighted by molar-refractivity contribution is 0.0939. The summed E-state index contributed by atoms with van der Waals surface area (Å²) in [6, 6.07) is 12.8. The van der Waals surface area contributed by atoms with Gasteiger partial charge in [0.1, 0.15) is 0 Å². The first-order valence-electron chi connectivity index (χ1n) is 7.68. The van der Waals surface area contributed by atoms with Crippen molar-refractivity contribution in [3.63, 3.8) is 0 Å². The number of fused-ring (bicyclic) bond motifs is 1. The first-order valence-corrected chi connectivity index (χ1v) is 8.90. The Labute approximate surface area is 145 Å². The number of benzene rings is 2. The summed E-state index contributed by atoms with van der Waals surface area (Å²) in [5.41, 5.74) is 1.40. The van der Waals surface area contributed by atoms with Crippen LogP contribution in [0.2, 0.25) is 0 Å². The van der Waals surface area contributed by atoms with E-state index in [2.05, 4.69) is 5.32 Å². The number of aliphatic hydroxyl groups is 1. The quantitative estimate of drug-likeness (QED) is 0.788. The van der Waals surface area contributed by atoms with Gasteiger partial charge in [-0.1, -0.05) is 18.2 Å². The number of aliphatic hydroxyl groups excluding tert-OH is 1. The van der Waals surface area contributed by atoms with Crippen LogP contribution in [0.25, 0.3) is 0 Å². The Morgan fingerprint density at radius 3 is 2.88 bits per heavy atom. The van der Waals surface area contributed by atoms with Gasteiger partial charge in [0.15, 0.2) is 11.5 Å². The van der Waals surface area contributed by atoms with E-state index in [1.807, 2.05) is 30.5 Å². The lowest BCUT2D eigenvalue weighted by atomic mass is 10.1. The van der Waals surface area contributed by atoms with Crippen molar-refractivity contribution in [1.29, 1.82) is 0 Å². The first-order chi connectivity index (χ1) is 11.7. The summed E-state index contributed by atoms with van der Waals surface area (Å²) in [5, 5.41) is 13.1. The van der Waals surface area contributed by atoms with Crippen LogP contribution in [0.4, 0.5) is 0 Å². The Balaban J connectivity index is 1.55. The van der Waals surface area contributed by atoms with Gasteiger partial charge in [-0.15, -0.1) is 11.8 Å². The fraction of sp³-hybridized carbons (Fsp3) is 0.278. The van der Waals surface area contributed by atoms with Crippen LogP contribution in [-0.4, -0.2) is 30.6 Å². The molecule has 5 nitrogen and oxygen atoms in total. The van der Waals surface area contributed by atoms with Crippen molar-refractivity contribution in [2.24, 2.45) is 0 Å². The van der Waals surface area contributed by atoms with Crippen molar-refractivity contribution in [2.75, 3.05) is 19.6 Å². The van der Waals surface area contributed by atoms with E-state index in [0.29, 0.717) is 30.0 Å². The predicted molar refractivity (Wildman–Crippen MR) is 92.7 cm³/mol. The van der Waals surface area contributed by atoms with Crippen LogP contribution < -0.4 is 14.8 Å². The summed E-state index contributed by atoms with van der Waals surface area (Å²) in [7, 11) is 0. The van der Waals surface area contributed by atoms with Crippen LogP contribution >= 0.6 is 11.8 Å². The minimum atomic E-state index is -0.671. The first kappa shape index (κ1) is 16.7. The van der Waals surface area contributed by atoms with Gasteiger partial charge in [0.05, 0.1) is 11.7 Å². The molecule has 0 saturated carbocycles. The number of hydrogen-bond acceptors (Lipinski definition) is 5. The number of carbonyl (C=O) groups excluding carboxylic acids is 1. The topological polar surface area (TPSA) is 67.8 Å². The number of carbonyl (C=O) groups is 1. The molecule has 6 heteroatoms. The molecule has 0 spiro atoms. The van der Waals surface area contributed by atoms with Gasteiger partial charge in [-0.2, -0.15) is 0 Å². The number of hydrogen-bond donors (Lipinski definition) is 2. The van der Waals surface area contributed by atoms with Crippen molar-refractivity contribution < 1.29 is 19.4 Å². The van der Waals surface area contributed by atoms with Gasteiger partial charge >= 0.3 is 0 Å². The van der Waals surface area contributed by atoms with Crippen LogP contribution in [0.15, 0.2) is 47.4 Å². The number of amides is 1. The van der Waals surface area contributed by atoms with Crippen LogP contribution in [0.5, 0.6) is 11.5 Å². The highest BCUT2D eigenvalue weighted by atomic mass is 32.2. The maximum Gasteiger partial charge on any atom is 0.252 e. The molecule has 1 amide bonds. The minimum Gasteiger partial charge on any atom is -0.454 e. The molecule has 24 heavy (non-hydrogen) atoms. The molecule has 1 aliphatic rings. The smallest absolute Gasteiger partial charge is 0.252 e. The van der Waals surface area contributed by atoms with E-state index in [1.165, 1.54) is 11.8 Å². The monoisotopic (exact) mass is 345 g/mol. The van der Waals surface area contributed by atoms with Gasteiger partial charge in [0, 0.05) is 11.4 Å². The Morgan fingerprint density at radius 2 is 2.04 bits per heavy atom. The average molecular weight is 345 g/mol. The van der Waals surface area contributed by atoms with Crippen LogP contribution in [-0.2, 0) is 0 Å². The molecule has 1 heterocycles. The molecule has 0 saturated heterocycles. The zero-order valence-electron chi connectivity index (χ0n) is 13.3. The maximum atomic E-state index is 12.3. The molecule has 0 bridgehead atoms. The van der Waals surface area contributed by atoms with E-state index in [9.17, 15) is 9.90 Å². The highest BCUT2D eigenvalue weighted by Crippen LogP contribution is 2.34. The van der Waals surface area contributed by atoms with Gasteiger partial charge in [0.25, 0.3) is 5.91 Å². The number of thioether (sulfide) groups is 1. The fourth-order valence-corrected chi connectivity index (χ4v) is 3.13. The van der Waals surface area contributed by atoms with E-state index in [1.54, 1.807) is 18.2 Å². The van der Waals surface area contributed by atoms with E-state index in [4.69, 9.17) is 9.47 Å². The van der Waals surface area contributed by atoms with Crippen molar-refractivity contribution in [3.8, 4) is 11.5 Å². The second kappa shape index (κ2) is 7.59. The highest BCUT2D eigenvalue weighted by molar-refractivity contribution is 7.98. The molecule has 2 N–H and O–H groups in total. The van der Waals surface area contributed by atoms with E-state index < -0.39 is 6.10 Å². The standard InChI is InChI=1S/C18H19NO4S/c1-24-17-5-3-2-4-13(17)18(21)19-9-8-14(20)12-6-7-15-16(10-12)23-11-22-15/h2-7,10,14,20H,8-9,11H2,1H3,(H,19,21)/t14-/m0/s1. The highest BCUT2D eigenvalue weighted by Gasteiger charge is 2.17. The maximum absolute atomic E-state index is 12.3.